The molecule has 1 aliphatic heterocycles. The van der Waals surface area contributed by atoms with Gasteiger partial charge in [-0.05, 0) is 63.9 Å². The number of nitrogens with zero attached hydrogens (tertiary/aromatic N) is 3. The fraction of sp³-hybridized carbons (Fsp3) is 0.625. The van der Waals surface area contributed by atoms with Crippen molar-refractivity contribution in [3.8, 4) is 0 Å². The van der Waals surface area contributed by atoms with Crippen LogP contribution in [0.15, 0.2) is 6.07 Å². The molecule has 4 nitrogen and oxygen atoms in total. The number of fused-ring (bicyclic) bond motifs is 1. The number of hydrogen-bond donors (Lipinski definition) is 1. The molecule has 0 unspecified atom stereocenters. The highest BCUT2D eigenvalue weighted by molar-refractivity contribution is 7.80. The molecule has 1 aromatic rings. The van der Waals surface area contributed by atoms with E-state index in [1.165, 1.54) is 30.5 Å². The summed E-state index contributed by atoms with van der Waals surface area (Å²) in [6, 6.07) is 2.71. The number of pyridine rings is 1. The van der Waals surface area contributed by atoms with Gasteiger partial charge in [0.1, 0.15) is 10.8 Å². The molecule has 0 atom stereocenters. The van der Waals surface area contributed by atoms with Crippen molar-refractivity contribution in [2.24, 2.45) is 5.73 Å². The SMILES string of the molecule is CN1CCC(N(C)c2nc3c(cc2C(N)=S)CCC3)CC1. The summed E-state index contributed by atoms with van der Waals surface area (Å²) in [6.07, 6.45) is 5.73. The van der Waals surface area contributed by atoms with Gasteiger partial charge in [0, 0.05) is 18.8 Å². The van der Waals surface area contributed by atoms with E-state index in [9.17, 15) is 0 Å². The Balaban J connectivity index is 1.91. The molecule has 1 aromatic heterocycles. The fourth-order valence-corrected chi connectivity index (χ4v) is 3.62. The standard InChI is InChI=1S/C16H24N4S/c1-19-8-6-12(7-9-19)20(2)16-13(15(17)21)10-11-4-3-5-14(11)18-16/h10,12H,3-9H2,1-2H3,(H2,17,21). The molecule has 5 heteroatoms. The third-order valence-corrected chi connectivity index (χ3v) is 5.09. The predicted molar refractivity (Wildman–Crippen MR) is 91.1 cm³/mol. The summed E-state index contributed by atoms with van der Waals surface area (Å²) in [4.78, 5) is 10.1. The molecule has 1 aliphatic carbocycles. The van der Waals surface area contributed by atoms with Crippen molar-refractivity contribution in [3.05, 3.63) is 22.9 Å². The van der Waals surface area contributed by atoms with Crippen LogP contribution >= 0.6 is 12.2 Å². The molecule has 2 heterocycles. The van der Waals surface area contributed by atoms with Gasteiger partial charge in [-0.25, -0.2) is 4.98 Å². The Kier molecular flexibility index (Phi) is 4.13. The average molecular weight is 304 g/mol. The van der Waals surface area contributed by atoms with E-state index in [2.05, 4.69) is 30.0 Å². The van der Waals surface area contributed by atoms with Gasteiger partial charge < -0.3 is 15.5 Å². The van der Waals surface area contributed by atoms with Gasteiger partial charge in [0.2, 0.25) is 0 Å². The maximum atomic E-state index is 5.95. The van der Waals surface area contributed by atoms with Crippen LogP contribution in [0.3, 0.4) is 0 Å². The van der Waals surface area contributed by atoms with Gasteiger partial charge in [0.25, 0.3) is 0 Å². The zero-order chi connectivity index (χ0) is 15.0. The van der Waals surface area contributed by atoms with E-state index in [1.807, 2.05) is 0 Å². The molecular weight excluding hydrogens is 280 g/mol. The first kappa shape index (κ1) is 14.7. The smallest absolute Gasteiger partial charge is 0.139 e. The lowest BCUT2D eigenvalue weighted by molar-refractivity contribution is 0.252. The summed E-state index contributed by atoms with van der Waals surface area (Å²) >= 11 is 5.26. The first-order valence-electron chi connectivity index (χ1n) is 7.80. The molecule has 3 rings (SSSR count). The number of thiocarbonyl (C=S) groups is 1. The van der Waals surface area contributed by atoms with E-state index < -0.39 is 0 Å². The molecule has 0 aromatic carbocycles. The van der Waals surface area contributed by atoms with Crippen molar-refractivity contribution in [1.82, 2.24) is 9.88 Å². The molecule has 0 amide bonds. The van der Waals surface area contributed by atoms with Crippen LogP contribution in [0.25, 0.3) is 0 Å². The van der Waals surface area contributed by atoms with Crippen molar-refractivity contribution in [1.29, 1.82) is 0 Å². The number of likely N-dealkylation sites (tertiary alicyclic amines) is 1. The Morgan fingerprint density at radius 1 is 1.38 bits per heavy atom. The Labute approximate surface area is 132 Å². The van der Waals surface area contributed by atoms with Gasteiger partial charge >= 0.3 is 0 Å². The Morgan fingerprint density at radius 3 is 2.76 bits per heavy atom. The number of piperidine rings is 1. The second-order valence-electron chi connectivity index (χ2n) is 6.33. The number of hydrogen-bond acceptors (Lipinski definition) is 4. The minimum atomic E-state index is 0.465. The Morgan fingerprint density at radius 2 is 2.10 bits per heavy atom. The van der Waals surface area contributed by atoms with Crippen LogP contribution < -0.4 is 10.6 Å². The largest absolute Gasteiger partial charge is 0.389 e. The second kappa shape index (κ2) is 5.89. The summed E-state index contributed by atoms with van der Waals surface area (Å²) in [7, 11) is 4.33. The van der Waals surface area contributed by atoms with Gasteiger partial charge in [0.15, 0.2) is 0 Å². The first-order valence-corrected chi connectivity index (χ1v) is 8.21. The summed E-state index contributed by atoms with van der Waals surface area (Å²) in [5.41, 5.74) is 9.48. The van der Waals surface area contributed by atoms with E-state index in [4.69, 9.17) is 22.9 Å². The summed E-state index contributed by atoms with van der Waals surface area (Å²) < 4.78 is 0. The van der Waals surface area contributed by atoms with E-state index in [-0.39, 0.29) is 0 Å². The average Bonchev–Trinajstić information content (AvgIpc) is 2.93. The Bertz CT molecular complexity index is 549. The van der Waals surface area contributed by atoms with E-state index in [0.717, 1.165) is 37.3 Å². The topological polar surface area (TPSA) is 45.4 Å². The van der Waals surface area contributed by atoms with Gasteiger partial charge in [-0.1, -0.05) is 12.2 Å². The highest BCUT2D eigenvalue weighted by Gasteiger charge is 2.25. The predicted octanol–water partition coefficient (Wildman–Crippen LogP) is 1.73. The van der Waals surface area contributed by atoms with Gasteiger partial charge in [-0.15, -0.1) is 0 Å². The number of aromatic nitrogens is 1. The lowest BCUT2D eigenvalue weighted by Gasteiger charge is -2.36. The molecular formula is C16H24N4S. The van der Waals surface area contributed by atoms with Crippen LogP contribution in [0.5, 0.6) is 0 Å². The zero-order valence-electron chi connectivity index (χ0n) is 12.9. The molecule has 2 N–H and O–H groups in total. The summed E-state index contributed by atoms with van der Waals surface area (Å²) in [6.45, 7) is 2.28. The van der Waals surface area contributed by atoms with Crippen molar-refractivity contribution in [2.45, 2.75) is 38.1 Å². The normalized spacial score (nSPS) is 19.5. The molecule has 2 aliphatic rings. The maximum Gasteiger partial charge on any atom is 0.139 e. The number of anilines is 1. The van der Waals surface area contributed by atoms with E-state index in [0.29, 0.717) is 11.0 Å². The van der Waals surface area contributed by atoms with Crippen LogP contribution in [-0.2, 0) is 12.8 Å². The van der Waals surface area contributed by atoms with Crippen molar-refractivity contribution < 1.29 is 0 Å². The molecule has 0 bridgehead atoms. The number of aryl methyl sites for hydroxylation is 2. The highest BCUT2D eigenvalue weighted by atomic mass is 32.1. The first-order chi connectivity index (χ1) is 10.1. The molecule has 0 spiro atoms. The quantitative estimate of drug-likeness (QED) is 0.862. The summed E-state index contributed by atoms with van der Waals surface area (Å²) in [5, 5.41) is 0. The van der Waals surface area contributed by atoms with Crippen LogP contribution in [0.1, 0.15) is 36.1 Å². The minimum Gasteiger partial charge on any atom is -0.389 e. The lowest BCUT2D eigenvalue weighted by Crippen LogP contribution is -2.43. The van der Waals surface area contributed by atoms with Gasteiger partial charge in [-0.2, -0.15) is 0 Å². The van der Waals surface area contributed by atoms with Crippen LogP contribution in [0, 0.1) is 0 Å². The van der Waals surface area contributed by atoms with E-state index >= 15 is 0 Å². The third-order valence-electron chi connectivity index (χ3n) is 4.87. The van der Waals surface area contributed by atoms with Crippen LogP contribution in [0.4, 0.5) is 5.82 Å². The second-order valence-corrected chi connectivity index (χ2v) is 6.77. The molecule has 114 valence electrons. The van der Waals surface area contributed by atoms with Crippen LogP contribution in [0.2, 0.25) is 0 Å². The van der Waals surface area contributed by atoms with Crippen molar-refractivity contribution in [3.63, 3.8) is 0 Å². The minimum absolute atomic E-state index is 0.465. The number of rotatable bonds is 3. The van der Waals surface area contributed by atoms with Crippen molar-refractivity contribution >= 4 is 23.0 Å². The molecule has 0 radical (unpaired) electrons. The van der Waals surface area contributed by atoms with Gasteiger partial charge in [0.05, 0.1) is 5.56 Å². The molecule has 1 saturated heterocycles. The van der Waals surface area contributed by atoms with Crippen LogP contribution in [-0.4, -0.2) is 48.1 Å². The number of nitrogens with two attached hydrogens (primary N) is 1. The molecule has 21 heavy (non-hydrogen) atoms. The van der Waals surface area contributed by atoms with Gasteiger partial charge in [-0.3, -0.25) is 0 Å². The summed E-state index contributed by atoms with van der Waals surface area (Å²) in [5.74, 6) is 0.984. The molecule has 0 saturated carbocycles. The van der Waals surface area contributed by atoms with E-state index in [1.54, 1.807) is 0 Å². The third kappa shape index (κ3) is 2.90. The molecule has 1 fully saturated rings. The highest BCUT2D eigenvalue weighted by Crippen LogP contribution is 2.29. The monoisotopic (exact) mass is 304 g/mol. The van der Waals surface area contributed by atoms with Crippen molar-refractivity contribution in [2.75, 3.05) is 32.1 Å². The fourth-order valence-electron chi connectivity index (χ4n) is 3.47. The zero-order valence-corrected chi connectivity index (χ0v) is 13.7. The lowest BCUT2D eigenvalue weighted by atomic mass is 10.0. The Hall–Kier alpha value is -1.20. The maximum absolute atomic E-state index is 5.95.